The molecule has 0 unspecified atom stereocenters. The van der Waals surface area contributed by atoms with Gasteiger partial charge in [-0.15, -0.1) is 0 Å². The number of aliphatic hydroxyl groups is 3. The van der Waals surface area contributed by atoms with Gasteiger partial charge in [0.15, 0.2) is 11.6 Å². The molecule has 7 nitrogen and oxygen atoms in total. The first-order valence-electron chi connectivity index (χ1n) is 9.96. The lowest BCUT2D eigenvalue weighted by Gasteiger charge is -2.66. The van der Waals surface area contributed by atoms with Crippen molar-refractivity contribution in [2.45, 2.75) is 63.3 Å². The fourth-order valence-electron chi connectivity index (χ4n) is 7.51. The predicted molar refractivity (Wildman–Crippen MR) is 89.9 cm³/mol. The van der Waals surface area contributed by atoms with Crippen molar-refractivity contribution in [3.63, 3.8) is 0 Å². The number of esters is 1. The highest BCUT2D eigenvalue weighted by molar-refractivity contribution is 5.82. The zero-order valence-corrected chi connectivity index (χ0v) is 15.6. The minimum atomic E-state index is -1.56. The van der Waals surface area contributed by atoms with E-state index in [1.54, 1.807) is 6.92 Å². The topological polar surface area (TPSA) is 105 Å². The number of hydrogen-bond donors (Lipinski definition) is 3. The Morgan fingerprint density at radius 3 is 2.63 bits per heavy atom. The Hall–Kier alpha value is -0.990. The predicted octanol–water partition coefficient (Wildman–Crippen LogP) is 0.469. The minimum absolute atomic E-state index is 0.0270. The molecule has 148 valence electrons. The van der Waals surface area contributed by atoms with Crippen molar-refractivity contribution in [2.24, 2.45) is 28.1 Å². The molecule has 4 heterocycles. The van der Waals surface area contributed by atoms with Crippen LogP contribution in [0.1, 0.15) is 39.5 Å². The first kappa shape index (κ1) is 16.9. The van der Waals surface area contributed by atoms with E-state index in [4.69, 9.17) is 14.2 Å². The number of ether oxygens (including phenoxy) is 3. The van der Waals surface area contributed by atoms with Crippen LogP contribution in [0.5, 0.6) is 0 Å². The second kappa shape index (κ2) is 4.44. The van der Waals surface area contributed by atoms with Crippen molar-refractivity contribution < 1.29 is 34.3 Å². The van der Waals surface area contributed by atoms with E-state index in [1.165, 1.54) is 0 Å². The van der Waals surface area contributed by atoms with Crippen LogP contribution in [-0.4, -0.2) is 58.3 Å². The molecule has 4 aliphatic heterocycles. The van der Waals surface area contributed by atoms with Crippen LogP contribution >= 0.6 is 0 Å². The number of aliphatic hydroxyl groups excluding tert-OH is 1. The van der Waals surface area contributed by atoms with Crippen LogP contribution in [0.2, 0.25) is 0 Å². The Kier molecular flexibility index (Phi) is 2.78. The molecule has 1 spiro atoms. The first-order valence-corrected chi connectivity index (χ1v) is 9.96. The van der Waals surface area contributed by atoms with Crippen molar-refractivity contribution in [1.29, 1.82) is 0 Å². The van der Waals surface area contributed by atoms with E-state index in [1.807, 2.05) is 13.0 Å². The van der Waals surface area contributed by atoms with Crippen LogP contribution in [0.3, 0.4) is 0 Å². The molecule has 9 atom stereocenters. The third-order valence-electron chi connectivity index (χ3n) is 9.27. The van der Waals surface area contributed by atoms with Crippen LogP contribution in [-0.2, 0) is 19.0 Å². The summed E-state index contributed by atoms with van der Waals surface area (Å²) in [5.74, 6) is -3.69. The fourth-order valence-corrected chi connectivity index (χ4v) is 7.51. The standard InChI is InChI=1S/C20H26O7/c1-16-4-3-10-11(20(16,24)25-8-13(16)21)7-12-14-17(2,15(22)27-12)19(23)6-5-18(10,14)9-26-19/h7,10,12-14,21,23-24H,3-6,8-9H2,1-2H3/t10-,12-,13-,14+,16+,17+,18+,19+,20-/m0/s1. The summed E-state index contributed by atoms with van der Waals surface area (Å²) in [5.41, 5.74) is -1.54. The van der Waals surface area contributed by atoms with Gasteiger partial charge in [0.25, 0.3) is 0 Å². The summed E-state index contributed by atoms with van der Waals surface area (Å²) in [7, 11) is 0. The van der Waals surface area contributed by atoms with E-state index in [0.29, 0.717) is 25.9 Å². The molecule has 2 bridgehead atoms. The molecule has 2 saturated carbocycles. The summed E-state index contributed by atoms with van der Waals surface area (Å²) in [6.07, 6.45) is 3.09. The highest BCUT2D eigenvalue weighted by atomic mass is 16.6. The van der Waals surface area contributed by atoms with E-state index < -0.39 is 40.6 Å². The molecule has 7 aliphatic rings. The van der Waals surface area contributed by atoms with Gasteiger partial charge in [0.1, 0.15) is 11.5 Å². The lowest BCUT2D eigenvalue weighted by atomic mass is 9.41. The summed E-state index contributed by atoms with van der Waals surface area (Å²) in [6, 6.07) is 0. The SMILES string of the molecule is C[C@@]12C(=O)O[C@H]3C=C4[C@H](CC[C@]5(C)[C@@H](O)CO[C@@]45O)[C@]4(CC[C@@]1(O)OC4)[C@H]32. The van der Waals surface area contributed by atoms with Crippen LogP contribution in [0.4, 0.5) is 0 Å². The number of carbonyl (C=O) groups excluding carboxylic acids is 1. The maximum absolute atomic E-state index is 12.9. The molecule has 0 aromatic carbocycles. The third-order valence-corrected chi connectivity index (χ3v) is 9.27. The second-order valence-electron chi connectivity index (χ2n) is 9.96. The summed E-state index contributed by atoms with van der Waals surface area (Å²) in [6.45, 7) is 4.07. The van der Waals surface area contributed by atoms with E-state index in [9.17, 15) is 20.1 Å². The average molecular weight is 378 g/mol. The normalized spacial score (nSPS) is 63.1. The molecule has 7 rings (SSSR count). The quantitative estimate of drug-likeness (QED) is 0.416. The second-order valence-corrected chi connectivity index (χ2v) is 9.96. The van der Waals surface area contributed by atoms with E-state index >= 15 is 0 Å². The van der Waals surface area contributed by atoms with Gasteiger partial charge in [-0.25, -0.2) is 0 Å². The van der Waals surface area contributed by atoms with E-state index in [0.717, 1.165) is 12.0 Å². The molecule has 0 aromatic rings. The van der Waals surface area contributed by atoms with E-state index in [-0.39, 0.29) is 23.9 Å². The lowest BCUT2D eigenvalue weighted by Crippen LogP contribution is -2.73. The molecular weight excluding hydrogens is 352 g/mol. The Bertz CT molecular complexity index is 783. The molecule has 3 aliphatic carbocycles. The number of hydrogen-bond acceptors (Lipinski definition) is 7. The Labute approximate surface area is 157 Å². The first-order chi connectivity index (χ1) is 12.6. The molecule has 4 saturated heterocycles. The monoisotopic (exact) mass is 378 g/mol. The fraction of sp³-hybridized carbons (Fsp3) is 0.850. The summed E-state index contributed by atoms with van der Waals surface area (Å²) in [5, 5.41) is 33.2. The number of carbonyl (C=O) groups is 1. The Morgan fingerprint density at radius 2 is 1.93 bits per heavy atom. The molecule has 27 heavy (non-hydrogen) atoms. The van der Waals surface area contributed by atoms with Crippen LogP contribution in [0.25, 0.3) is 0 Å². The summed E-state index contributed by atoms with van der Waals surface area (Å²) >= 11 is 0. The average Bonchev–Trinajstić information content (AvgIpc) is 3.05. The van der Waals surface area contributed by atoms with Gasteiger partial charge in [-0.3, -0.25) is 4.79 Å². The molecular formula is C20H26O7. The Morgan fingerprint density at radius 1 is 1.15 bits per heavy atom. The van der Waals surface area contributed by atoms with Gasteiger partial charge in [-0.1, -0.05) is 6.92 Å². The van der Waals surface area contributed by atoms with E-state index in [2.05, 4.69) is 0 Å². The van der Waals surface area contributed by atoms with Crippen LogP contribution in [0.15, 0.2) is 11.6 Å². The number of rotatable bonds is 0. The number of fused-ring (bicyclic) bond motifs is 5. The summed E-state index contributed by atoms with van der Waals surface area (Å²) < 4.78 is 17.5. The molecule has 3 N–H and O–H groups in total. The zero-order valence-electron chi connectivity index (χ0n) is 15.6. The molecule has 0 amide bonds. The molecule has 0 aromatic heterocycles. The van der Waals surface area contributed by atoms with Gasteiger partial charge in [0.05, 0.1) is 24.7 Å². The van der Waals surface area contributed by atoms with Crippen molar-refractivity contribution in [2.75, 3.05) is 13.2 Å². The largest absolute Gasteiger partial charge is 0.457 e. The van der Waals surface area contributed by atoms with Crippen molar-refractivity contribution in [3.8, 4) is 0 Å². The summed E-state index contributed by atoms with van der Waals surface area (Å²) in [4.78, 5) is 12.9. The van der Waals surface area contributed by atoms with Gasteiger partial charge < -0.3 is 29.5 Å². The zero-order chi connectivity index (χ0) is 19.0. The molecule has 6 fully saturated rings. The third kappa shape index (κ3) is 1.47. The van der Waals surface area contributed by atoms with Gasteiger partial charge in [0, 0.05) is 17.8 Å². The van der Waals surface area contributed by atoms with Crippen molar-refractivity contribution in [3.05, 3.63) is 11.6 Å². The minimum Gasteiger partial charge on any atom is -0.457 e. The highest BCUT2D eigenvalue weighted by Crippen LogP contribution is 2.73. The van der Waals surface area contributed by atoms with Gasteiger partial charge in [-0.05, 0) is 43.8 Å². The van der Waals surface area contributed by atoms with Crippen LogP contribution < -0.4 is 0 Å². The van der Waals surface area contributed by atoms with Crippen molar-refractivity contribution >= 4 is 5.97 Å². The maximum atomic E-state index is 12.9. The molecule has 0 radical (unpaired) electrons. The molecule has 7 heteroatoms. The smallest absolute Gasteiger partial charge is 0.318 e. The van der Waals surface area contributed by atoms with Crippen molar-refractivity contribution in [1.82, 2.24) is 0 Å². The Balaban J connectivity index is 1.57. The van der Waals surface area contributed by atoms with Gasteiger partial charge in [0.2, 0.25) is 0 Å². The lowest BCUT2D eigenvalue weighted by molar-refractivity contribution is -0.370. The highest BCUT2D eigenvalue weighted by Gasteiger charge is 2.80. The van der Waals surface area contributed by atoms with Gasteiger partial charge in [-0.2, -0.15) is 0 Å². The van der Waals surface area contributed by atoms with Gasteiger partial charge >= 0.3 is 5.97 Å². The maximum Gasteiger partial charge on any atom is 0.318 e. The van der Waals surface area contributed by atoms with Crippen LogP contribution in [0, 0.1) is 28.1 Å².